The average Bonchev–Trinajstić information content (AvgIpc) is 2.39. The van der Waals surface area contributed by atoms with Gasteiger partial charge in [0, 0.05) is 25.7 Å². The monoisotopic (exact) mass is 266 g/mol. The largest absolute Gasteiger partial charge is 0.371 e. The Labute approximate surface area is 115 Å². The molecule has 0 fully saturated rings. The van der Waals surface area contributed by atoms with Gasteiger partial charge in [0.1, 0.15) is 0 Å². The maximum absolute atomic E-state index is 12.0. The van der Waals surface area contributed by atoms with Crippen LogP contribution in [0.25, 0.3) is 0 Å². The van der Waals surface area contributed by atoms with Crippen LogP contribution in [0, 0.1) is 5.41 Å². The number of nitrogens with two attached hydrogens (primary N) is 1. The summed E-state index contributed by atoms with van der Waals surface area (Å²) in [6, 6.07) is 1.66. The van der Waals surface area contributed by atoms with Gasteiger partial charge in [0.05, 0.1) is 11.9 Å². The molecule has 0 aliphatic rings. The molecule has 0 atom stereocenters. The van der Waals surface area contributed by atoms with E-state index in [1.807, 2.05) is 0 Å². The second-order valence-electron chi connectivity index (χ2n) is 5.57. The molecule has 0 saturated carbocycles. The molecule has 0 aromatic carbocycles. The predicted octanol–water partition coefficient (Wildman–Crippen LogP) is 1.46. The summed E-state index contributed by atoms with van der Waals surface area (Å²) in [5, 5.41) is 4.25. The molecule has 0 radical (unpaired) electrons. The highest BCUT2D eigenvalue weighted by atomic mass is 16.1. The van der Waals surface area contributed by atoms with E-state index >= 15 is 0 Å². The number of rotatable bonds is 7. The topological polar surface area (TPSA) is 64.2 Å². The molecule has 0 aliphatic heterocycles. The van der Waals surface area contributed by atoms with Crippen LogP contribution in [0.3, 0.4) is 0 Å². The summed E-state index contributed by atoms with van der Waals surface area (Å²) in [6.45, 7) is 11.3. The van der Waals surface area contributed by atoms with Gasteiger partial charge in [0.2, 0.25) is 0 Å². The van der Waals surface area contributed by atoms with Gasteiger partial charge >= 0.3 is 0 Å². The van der Waals surface area contributed by atoms with Crippen molar-refractivity contribution in [3.05, 3.63) is 22.6 Å². The Morgan fingerprint density at radius 1 is 1.37 bits per heavy atom. The lowest BCUT2D eigenvalue weighted by Crippen LogP contribution is -2.30. The van der Waals surface area contributed by atoms with Crippen LogP contribution in [-0.2, 0) is 6.54 Å². The van der Waals surface area contributed by atoms with Crippen LogP contribution in [0.15, 0.2) is 17.1 Å². The lowest BCUT2D eigenvalue weighted by atomic mass is 9.90. The number of nitrogens with zero attached hydrogens (tertiary/aromatic N) is 3. The van der Waals surface area contributed by atoms with Gasteiger partial charge in [-0.15, -0.1) is 0 Å². The first-order valence-corrected chi connectivity index (χ1v) is 6.95. The molecular weight excluding hydrogens is 240 g/mol. The highest BCUT2D eigenvalue weighted by Crippen LogP contribution is 2.18. The van der Waals surface area contributed by atoms with Gasteiger partial charge in [0.25, 0.3) is 5.56 Å². The van der Waals surface area contributed by atoms with E-state index in [1.54, 1.807) is 12.3 Å². The Bertz CT molecular complexity index is 449. The van der Waals surface area contributed by atoms with Gasteiger partial charge in [-0.1, -0.05) is 13.8 Å². The lowest BCUT2D eigenvalue weighted by molar-refractivity contribution is 0.313. The third-order valence-electron chi connectivity index (χ3n) is 3.54. The van der Waals surface area contributed by atoms with Gasteiger partial charge < -0.3 is 10.6 Å². The first-order valence-electron chi connectivity index (χ1n) is 6.95. The van der Waals surface area contributed by atoms with E-state index in [-0.39, 0.29) is 11.0 Å². The van der Waals surface area contributed by atoms with Crippen molar-refractivity contribution in [2.75, 3.05) is 24.5 Å². The van der Waals surface area contributed by atoms with Gasteiger partial charge in [0.15, 0.2) is 0 Å². The molecule has 5 heteroatoms. The SMILES string of the molecule is CCN(CC)c1cnn(CCC(C)(C)CN)c(=O)c1. The number of hydrogen-bond donors (Lipinski definition) is 1. The maximum atomic E-state index is 12.0. The predicted molar refractivity (Wildman–Crippen MR) is 79.5 cm³/mol. The second kappa shape index (κ2) is 6.70. The fourth-order valence-corrected chi connectivity index (χ4v) is 1.86. The molecule has 0 spiro atoms. The standard InChI is InChI=1S/C14H26N4O/c1-5-17(6-2)12-9-13(19)18(16-10-12)8-7-14(3,4)11-15/h9-10H,5-8,11,15H2,1-4H3. The van der Waals surface area contributed by atoms with Crippen molar-refractivity contribution in [2.24, 2.45) is 11.1 Å². The molecular formula is C14H26N4O. The fraction of sp³-hybridized carbons (Fsp3) is 0.714. The maximum Gasteiger partial charge on any atom is 0.268 e. The highest BCUT2D eigenvalue weighted by Gasteiger charge is 2.16. The Hall–Kier alpha value is -1.36. The van der Waals surface area contributed by atoms with Crippen molar-refractivity contribution in [2.45, 2.75) is 40.7 Å². The van der Waals surface area contributed by atoms with Crippen LogP contribution in [-0.4, -0.2) is 29.4 Å². The Morgan fingerprint density at radius 3 is 2.47 bits per heavy atom. The number of anilines is 1. The summed E-state index contributed by atoms with van der Waals surface area (Å²) >= 11 is 0. The van der Waals surface area contributed by atoms with Crippen LogP contribution in [0.4, 0.5) is 5.69 Å². The number of aromatic nitrogens is 2. The van der Waals surface area contributed by atoms with E-state index in [9.17, 15) is 4.79 Å². The molecule has 0 unspecified atom stereocenters. The molecule has 19 heavy (non-hydrogen) atoms. The normalized spacial score (nSPS) is 11.6. The van der Waals surface area contributed by atoms with Crippen molar-refractivity contribution in [3.63, 3.8) is 0 Å². The van der Waals surface area contributed by atoms with Gasteiger partial charge in [-0.3, -0.25) is 4.79 Å². The second-order valence-corrected chi connectivity index (χ2v) is 5.57. The smallest absolute Gasteiger partial charge is 0.268 e. The van der Waals surface area contributed by atoms with Gasteiger partial charge in [-0.2, -0.15) is 5.10 Å². The first-order chi connectivity index (χ1) is 8.93. The van der Waals surface area contributed by atoms with E-state index in [2.05, 4.69) is 37.7 Å². The molecule has 5 nitrogen and oxygen atoms in total. The highest BCUT2D eigenvalue weighted by molar-refractivity contribution is 5.42. The van der Waals surface area contributed by atoms with Crippen molar-refractivity contribution in [1.29, 1.82) is 0 Å². The summed E-state index contributed by atoms with van der Waals surface area (Å²) in [5.41, 5.74) is 6.58. The lowest BCUT2D eigenvalue weighted by Gasteiger charge is -2.23. The van der Waals surface area contributed by atoms with E-state index in [0.717, 1.165) is 25.2 Å². The van der Waals surface area contributed by atoms with Crippen LogP contribution < -0.4 is 16.2 Å². The minimum atomic E-state index is -0.0442. The Balaban J connectivity index is 2.81. The minimum absolute atomic E-state index is 0.0403. The first kappa shape index (κ1) is 15.7. The summed E-state index contributed by atoms with van der Waals surface area (Å²) in [6.07, 6.45) is 2.62. The molecule has 2 N–H and O–H groups in total. The Kier molecular flexibility index (Phi) is 5.54. The van der Waals surface area contributed by atoms with Gasteiger partial charge in [-0.05, 0) is 32.2 Å². The summed E-state index contributed by atoms with van der Waals surface area (Å²) in [7, 11) is 0. The van der Waals surface area contributed by atoms with E-state index in [0.29, 0.717) is 13.1 Å². The summed E-state index contributed by atoms with van der Waals surface area (Å²) in [4.78, 5) is 14.1. The van der Waals surface area contributed by atoms with Crippen LogP contribution in [0.5, 0.6) is 0 Å². The third-order valence-corrected chi connectivity index (χ3v) is 3.54. The molecule has 1 rings (SSSR count). The van der Waals surface area contributed by atoms with Crippen molar-refractivity contribution < 1.29 is 0 Å². The van der Waals surface area contributed by atoms with Crippen molar-refractivity contribution in [3.8, 4) is 0 Å². The van der Waals surface area contributed by atoms with Crippen LogP contribution in [0.2, 0.25) is 0 Å². The zero-order chi connectivity index (χ0) is 14.5. The van der Waals surface area contributed by atoms with E-state index in [4.69, 9.17) is 5.73 Å². The molecule has 0 bridgehead atoms. The number of aryl methyl sites for hydroxylation is 1. The van der Waals surface area contributed by atoms with Crippen molar-refractivity contribution >= 4 is 5.69 Å². The zero-order valence-corrected chi connectivity index (χ0v) is 12.5. The fourth-order valence-electron chi connectivity index (χ4n) is 1.86. The van der Waals surface area contributed by atoms with E-state index in [1.165, 1.54) is 4.68 Å². The van der Waals surface area contributed by atoms with E-state index < -0.39 is 0 Å². The molecule has 1 aromatic rings. The summed E-state index contributed by atoms with van der Waals surface area (Å²) < 4.78 is 1.52. The Morgan fingerprint density at radius 2 is 2.00 bits per heavy atom. The van der Waals surface area contributed by atoms with Crippen LogP contribution in [0.1, 0.15) is 34.1 Å². The molecule has 0 saturated heterocycles. The third kappa shape index (κ3) is 4.35. The van der Waals surface area contributed by atoms with Crippen LogP contribution >= 0.6 is 0 Å². The zero-order valence-electron chi connectivity index (χ0n) is 12.5. The summed E-state index contributed by atoms with van der Waals surface area (Å²) in [5.74, 6) is 0. The molecule has 1 aromatic heterocycles. The number of hydrogen-bond acceptors (Lipinski definition) is 4. The molecule has 0 amide bonds. The molecule has 108 valence electrons. The van der Waals surface area contributed by atoms with Gasteiger partial charge in [-0.25, -0.2) is 4.68 Å². The minimum Gasteiger partial charge on any atom is -0.371 e. The van der Waals surface area contributed by atoms with Crippen molar-refractivity contribution in [1.82, 2.24) is 9.78 Å². The molecule has 0 aliphatic carbocycles. The average molecular weight is 266 g/mol. The quantitative estimate of drug-likeness (QED) is 0.811. The molecule has 1 heterocycles.